The zero-order valence-electron chi connectivity index (χ0n) is 40.4. The molecule has 0 saturated heterocycles. The minimum absolute atomic E-state index is 0.0530. The van der Waals surface area contributed by atoms with Crippen molar-refractivity contribution in [2.24, 2.45) is 0 Å². The lowest BCUT2D eigenvalue weighted by Crippen LogP contribution is -2.16. The van der Waals surface area contributed by atoms with Crippen LogP contribution >= 0.6 is 22.7 Å². The van der Waals surface area contributed by atoms with Crippen molar-refractivity contribution in [1.29, 1.82) is 0 Å². The molecule has 0 saturated carbocycles. The minimum Gasteiger partial charge on any atom is -0.359 e. The molecular weight excluding hydrogens is 847 g/mol. The van der Waals surface area contributed by atoms with E-state index in [0.717, 1.165) is 36.1 Å². The lowest BCUT2D eigenvalue weighted by Gasteiger charge is -2.24. The Morgan fingerprint density at radius 1 is 0.701 bits per heavy atom. The fraction of sp³-hybridized carbons (Fsp3) is 0.188. The molecule has 0 bridgehead atoms. The van der Waals surface area contributed by atoms with Crippen LogP contribution in [-0.4, -0.2) is 0 Å². The molecule has 334 valence electrons. The van der Waals surface area contributed by atoms with Gasteiger partial charge in [-0.1, -0.05) is 194 Å². The van der Waals surface area contributed by atoms with Crippen LogP contribution in [0.2, 0.25) is 0 Å². The second-order valence-electron chi connectivity index (χ2n) is 17.4. The van der Waals surface area contributed by atoms with Gasteiger partial charge in [0, 0.05) is 58.0 Å². The van der Waals surface area contributed by atoms with Crippen LogP contribution in [0.25, 0.3) is 62.6 Å². The Morgan fingerprint density at radius 3 is 2.19 bits per heavy atom. The standard InChI is InChI=1S/C37H25NS2.C23H24.2C2H6/c1-23-12-21-31-33-10-5-8-29(37(33)40-35(31)22-23)25-15-19-27(20-16-25)38-26-17-13-24(14-18-26)28-7-4-9-32-30-6-2-3-11-34(30)39-36(28)32;1-6-7-10-18-16(2)13-14-22-20(15-17(18)3)19-11-8-9-12-21(19)23(22,4)5;2*1-2/h2-4,6-7,9-13,15-17,19-22,38H,14,18H2,1H3;6-14H,1-2,15H2,3-5H3;2*1-2H3/b;10-7-,14-13-,18-17-;;. The third-order valence-electron chi connectivity index (χ3n) is 12.9. The van der Waals surface area contributed by atoms with Crippen LogP contribution in [0.1, 0.15) is 90.0 Å². The highest BCUT2D eigenvalue weighted by Crippen LogP contribution is 2.50. The third kappa shape index (κ3) is 9.22. The average Bonchev–Trinajstić information content (AvgIpc) is 3.99. The van der Waals surface area contributed by atoms with Crippen molar-refractivity contribution >= 4 is 79.9 Å². The molecule has 0 radical (unpaired) electrons. The van der Waals surface area contributed by atoms with Crippen molar-refractivity contribution in [2.45, 2.75) is 80.1 Å². The van der Waals surface area contributed by atoms with E-state index in [4.69, 9.17) is 0 Å². The predicted octanol–water partition coefficient (Wildman–Crippen LogP) is 19.5. The first-order valence-electron chi connectivity index (χ1n) is 23.8. The van der Waals surface area contributed by atoms with Crippen molar-refractivity contribution in [1.82, 2.24) is 0 Å². The first kappa shape index (κ1) is 46.8. The van der Waals surface area contributed by atoms with E-state index >= 15 is 0 Å². The second kappa shape index (κ2) is 20.4. The largest absolute Gasteiger partial charge is 0.359 e. The van der Waals surface area contributed by atoms with E-state index in [1.54, 1.807) is 0 Å². The maximum atomic E-state index is 4.26. The number of benzene rings is 5. The van der Waals surface area contributed by atoms with E-state index in [0.29, 0.717) is 0 Å². The summed E-state index contributed by atoms with van der Waals surface area (Å²) in [5.41, 5.74) is 18.1. The molecule has 3 aliphatic carbocycles. The van der Waals surface area contributed by atoms with Crippen LogP contribution in [-0.2, 0) is 5.41 Å². The molecule has 3 heteroatoms. The molecule has 2 heterocycles. The number of thiophene rings is 2. The van der Waals surface area contributed by atoms with Crippen molar-refractivity contribution in [2.75, 3.05) is 5.32 Å². The molecule has 0 fully saturated rings. The van der Waals surface area contributed by atoms with Gasteiger partial charge in [-0.25, -0.2) is 0 Å². The first-order chi connectivity index (χ1) is 32.7. The zero-order valence-corrected chi connectivity index (χ0v) is 42.0. The Labute approximate surface area is 407 Å². The Bertz CT molecular complexity index is 3350. The van der Waals surface area contributed by atoms with E-state index < -0.39 is 0 Å². The molecule has 0 amide bonds. The van der Waals surface area contributed by atoms with Gasteiger partial charge in [0.15, 0.2) is 0 Å². The van der Waals surface area contributed by atoms with E-state index in [-0.39, 0.29) is 5.41 Å². The fourth-order valence-electron chi connectivity index (χ4n) is 9.64. The molecule has 67 heavy (non-hydrogen) atoms. The Kier molecular flexibility index (Phi) is 14.3. The van der Waals surface area contributed by atoms with Crippen LogP contribution in [0.15, 0.2) is 199 Å². The molecule has 0 spiro atoms. The van der Waals surface area contributed by atoms with Crippen molar-refractivity contribution in [3.63, 3.8) is 0 Å². The van der Waals surface area contributed by atoms with Gasteiger partial charge in [-0.05, 0) is 125 Å². The van der Waals surface area contributed by atoms with E-state index in [9.17, 15) is 0 Å². The summed E-state index contributed by atoms with van der Waals surface area (Å²) in [5, 5.41) is 8.94. The maximum Gasteiger partial charge on any atom is 0.0524 e. The van der Waals surface area contributed by atoms with E-state index in [1.165, 1.54) is 102 Å². The highest BCUT2D eigenvalue weighted by molar-refractivity contribution is 7.26. The lowest BCUT2D eigenvalue weighted by atomic mass is 9.80. The van der Waals surface area contributed by atoms with Gasteiger partial charge in [0.2, 0.25) is 0 Å². The summed E-state index contributed by atoms with van der Waals surface area (Å²) in [4.78, 5) is 0. The summed E-state index contributed by atoms with van der Waals surface area (Å²) in [7, 11) is 0. The molecule has 0 atom stereocenters. The van der Waals surface area contributed by atoms with Crippen LogP contribution in [0.3, 0.4) is 0 Å². The first-order valence-corrected chi connectivity index (χ1v) is 25.4. The van der Waals surface area contributed by atoms with Crippen molar-refractivity contribution < 1.29 is 0 Å². The summed E-state index contributed by atoms with van der Waals surface area (Å²) < 4.78 is 5.36. The van der Waals surface area contributed by atoms with Crippen LogP contribution < -0.4 is 5.32 Å². The molecule has 1 nitrogen and oxygen atoms in total. The lowest BCUT2D eigenvalue weighted by molar-refractivity contribution is 0.653. The molecule has 1 N–H and O–H groups in total. The molecule has 2 aromatic heterocycles. The molecule has 3 aliphatic rings. The van der Waals surface area contributed by atoms with Gasteiger partial charge < -0.3 is 5.32 Å². The molecule has 0 aliphatic heterocycles. The number of allylic oxidation sites excluding steroid dienone is 14. The Balaban J connectivity index is 0.000000192. The predicted molar refractivity (Wildman–Crippen MR) is 299 cm³/mol. The molecule has 11 rings (SSSR count). The van der Waals surface area contributed by atoms with Gasteiger partial charge in [-0.15, -0.1) is 22.7 Å². The monoisotopic (exact) mass is 907 g/mol. The summed E-state index contributed by atoms with van der Waals surface area (Å²) in [5.74, 6) is 0. The number of fused-ring (bicyclic) bond motifs is 8. The summed E-state index contributed by atoms with van der Waals surface area (Å²) in [6.07, 6.45) is 17.9. The Morgan fingerprint density at radius 2 is 1.42 bits per heavy atom. The summed E-state index contributed by atoms with van der Waals surface area (Å²) >= 11 is 3.75. The third-order valence-corrected chi connectivity index (χ3v) is 15.3. The second-order valence-corrected chi connectivity index (χ2v) is 19.5. The highest BCUT2D eigenvalue weighted by Gasteiger charge is 2.36. The van der Waals surface area contributed by atoms with Gasteiger partial charge in [0.25, 0.3) is 0 Å². The smallest absolute Gasteiger partial charge is 0.0524 e. The number of rotatable bonds is 6. The maximum absolute atomic E-state index is 4.26. The average molecular weight is 908 g/mol. The topological polar surface area (TPSA) is 12.0 Å². The van der Waals surface area contributed by atoms with Gasteiger partial charge in [0.05, 0.1) is 4.70 Å². The molecule has 8 aromatic rings. The van der Waals surface area contributed by atoms with Crippen molar-refractivity contribution in [3.05, 3.63) is 233 Å². The molecular formula is C64H61NS2. The van der Waals surface area contributed by atoms with Crippen LogP contribution in [0, 0.1) is 19.1 Å². The SMILES string of the molecule is C=C/C=C\C1=C(/C)CC2=C(/C=C\C1=C)C(C)(C)c1ccccc12.CC.CC.Cc1ccc2c(c1)sc1c(-c3ccc(NC4=CC=C(c5cccc6c5sc5ccccc56)CC4)cc3)c#ccc12. The fourth-order valence-corrected chi connectivity index (χ4v) is 12.2. The minimum atomic E-state index is 0.0530. The van der Waals surface area contributed by atoms with Crippen molar-refractivity contribution in [3.8, 4) is 11.1 Å². The normalized spacial score (nSPS) is 16.6. The van der Waals surface area contributed by atoms with E-state index in [1.807, 2.05) is 62.5 Å². The zero-order chi connectivity index (χ0) is 47.2. The number of aryl methyl sites for hydroxylation is 1. The van der Waals surface area contributed by atoms with Crippen LogP contribution in [0.4, 0.5) is 5.69 Å². The van der Waals surface area contributed by atoms with E-state index in [2.05, 4.69) is 204 Å². The number of hydrogen-bond acceptors (Lipinski definition) is 3. The summed E-state index contributed by atoms with van der Waals surface area (Å²) in [6, 6.07) is 48.5. The van der Waals surface area contributed by atoms with Crippen LogP contribution in [0.5, 0.6) is 0 Å². The number of hydrogen-bond donors (Lipinski definition) is 1. The van der Waals surface area contributed by atoms with Gasteiger partial charge in [0.1, 0.15) is 0 Å². The van der Waals surface area contributed by atoms with Gasteiger partial charge in [-0.2, -0.15) is 0 Å². The summed E-state index contributed by atoms with van der Waals surface area (Å²) in [6.45, 7) is 25.0. The van der Waals surface area contributed by atoms with Gasteiger partial charge in [-0.3, -0.25) is 0 Å². The quantitative estimate of drug-likeness (QED) is 0.164. The highest BCUT2D eigenvalue weighted by atomic mass is 32.1. The number of nitrogens with one attached hydrogen (secondary N) is 1. The molecule has 6 aromatic carbocycles. The Hall–Kier alpha value is -6.70. The van der Waals surface area contributed by atoms with Gasteiger partial charge >= 0.3 is 0 Å². The number of anilines is 1. The molecule has 0 unspecified atom stereocenters.